The average molecular weight is 399 g/mol. The Morgan fingerprint density at radius 3 is 2.93 bits per heavy atom. The molecule has 1 unspecified atom stereocenters. The molecule has 0 saturated carbocycles. The van der Waals surface area contributed by atoms with Crippen LogP contribution in [0.25, 0.3) is 0 Å². The normalized spacial score (nSPS) is 17.9. The Kier molecular flexibility index (Phi) is 5.05. The number of thiazole rings is 1. The second kappa shape index (κ2) is 7.50. The molecule has 8 heteroatoms. The summed E-state index contributed by atoms with van der Waals surface area (Å²) in [6.07, 6.45) is 12.4. The first-order valence-corrected chi connectivity index (χ1v) is 10.5. The van der Waals surface area contributed by atoms with Crippen molar-refractivity contribution >= 4 is 22.9 Å². The highest BCUT2D eigenvalue weighted by molar-refractivity contribution is 7.11. The van der Waals surface area contributed by atoms with Gasteiger partial charge in [0.25, 0.3) is 0 Å². The molecule has 4 rings (SSSR count). The number of rotatable bonds is 7. The number of hydrogen-bond donors (Lipinski definition) is 1. The van der Waals surface area contributed by atoms with E-state index in [1.807, 2.05) is 28.0 Å². The summed E-state index contributed by atoms with van der Waals surface area (Å²) in [5, 5.41) is 9.14. The first-order chi connectivity index (χ1) is 13.4. The van der Waals surface area contributed by atoms with E-state index in [-0.39, 0.29) is 17.4 Å². The molecule has 0 bridgehead atoms. The quantitative estimate of drug-likeness (QED) is 0.477. The third-order valence-electron chi connectivity index (χ3n) is 5.22. The summed E-state index contributed by atoms with van der Waals surface area (Å²) in [5.41, 5.74) is 0.513. The zero-order chi connectivity index (χ0) is 19.7. The van der Waals surface area contributed by atoms with Crippen LogP contribution in [0.4, 0.5) is 5.82 Å². The van der Waals surface area contributed by atoms with Gasteiger partial charge in [-0.3, -0.25) is 4.79 Å². The molecule has 0 saturated heterocycles. The number of hydrogen-bond acceptors (Lipinski definition) is 6. The molecule has 3 aromatic heterocycles. The van der Waals surface area contributed by atoms with Crippen LogP contribution >= 0.6 is 11.3 Å². The van der Waals surface area contributed by atoms with Gasteiger partial charge in [0.15, 0.2) is 5.78 Å². The van der Waals surface area contributed by atoms with Crippen LogP contribution in [0.5, 0.6) is 0 Å². The Morgan fingerprint density at radius 1 is 1.36 bits per heavy atom. The second-order valence-corrected chi connectivity index (χ2v) is 9.29. The number of fused-ring (bicyclic) bond motifs is 1. The van der Waals surface area contributed by atoms with Gasteiger partial charge in [0, 0.05) is 36.4 Å². The Balaban J connectivity index is 1.46. The summed E-state index contributed by atoms with van der Waals surface area (Å²) in [7, 11) is 0. The highest BCUT2D eigenvalue weighted by Gasteiger charge is 2.37. The first kappa shape index (κ1) is 18.9. The Bertz CT molecular complexity index is 955. The van der Waals surface area contributed by atoms with Crippen LogP contribution in [-0.2, 0) is 12.1 Å². The van der Waals surface area contributed by atoms with Gasteiger partial charge in [-0.1, -0.05) is 0 Å². The van der Waals surface area contributed by atoms with Gasteiger partial charge < -0.3 is 9.88 Å². The summed E-state index contributed by atoms with van der Waals surface area (Å²) < 4.78 is 4.00. The number of aromatic nitrogens is 5. The fourth-order valence-corrected chi connectivity index (χ4v) is 4.59. The van der Waals surface area contributed by atoms with Crippen LogP contribution in [0.2, 0.25) is 0 Å². The predicted octanol–water partition coefficient (Wildman–Crippen LogP) is 4.19. The fraction of sp³-hybridized carbons (Fsp3) is 0.500. The lowest BCUT2D eigenvalue weighted by Crippen LogP contribution is -2.38. The maximum Gasteiger partial charge on any atom is 0.168 e. The van der Waals surface area contributed by atoms with Crippen LogP contribution in [0, 0.1) is 6.92 Å². The number of carbonyl (C=O) groups is 1. The monoisotopic (exact) mass is 398 g/mol. The number of ketones is 1. The number of aryl methyl sites for hydroxylation is 2. The molecule has 0 fully saturated rings. The number of nitrogens with one attached hydrogen (secondary N) is 1. The van der Waals surface area contributed by atoms with E-state index in [0.29, 0.717) is 12.0 Å². The van der Waals surface area contributed by atoms with E-state index >= 15 is 0 Å². The van der Waals surface area contributed by atoms with Crippen LogP contribution in [0.15, 0.2) is 31.1 Å². The smallest absolute Gasteiger partial charge is 0.168 e. The lowest BCUT2D eigenvalue weighted by molar-refractivity contribution is 0.0979. The zero-order valence-electron chi connectivity index (χ0n) is 16.6. The van der Waals surface area contributed by atoms with Crippen molar-refractivity contribution in [3.05, 3.63) is 46.6 Å². The van der Waals surface area contributed by atoms with Gasteiger partial charge in [-0.2, -0.15) is 5.10 Å². The van der Waals surface area contributed by atoms with Gasteiger partial charge in [0.2, 0.25) is 0 Å². The Morgan fingerprint density at radius 2 is 2.21 bits per heavy atom. The van der Waals surface area contributed by atoms with Gasteiger partial charge in [0.05, 0.1) is 29.7 Å². The van der Waals surface area contributed by atoms with Crippen LogP contribution in [0.1, 0.15) is 65.8 Å². The van der Waals surface area contributed by atoms with Gasteiger partial charge in [0.1, 0.15) is 10.8 Å². The Hall–Kier alpha value is -2.48. The fourth-order valence-electron chi connectivity index (χ4n) is 3.77. The number of unbranched alkanes of at least 4 members (excludes halogenated alkanes) is 1. The molecule has 1 aliphatic rings. The molecule has 148 valence electrons. The molecular weight excluding hydrogens is 372 g/mol. The van der Waals surface area contributed by atoms with Crippen LogP contribution in [-0.4, -0.2) is 30.1 Å². The minimum atomic E-state index is -0.176. The van der Waals surface area contributed by atoms with Crippen LogP contribution in [0.3, 0.4) is 0 Å². The van der Waals surface area contributed by atoms with Gasteiger partial charge >= 0.3 is 0 Å². The van der Waals surface area contributed by atoms with Crippen molar-refractivity contribution in [3.63, 3.8) is 0 Å². The third-order valence-corrected chi connectivity index (χ3v) is 6.25. The maximum atomic E-state index is 12.9. The summed E-state index contributed by atoms with van der Waals surface area (Å²) in [6.45, 7) is 7.28. The molecule has 4 heterocycles. The molecule has 0 amide bonds. The van der Waals surface area contributed by atoms with Gasteiger partial charge in [-0.15, -0.1) is 11.3 Å². The van der Waals surface area contributed by atoms with Crippen molar-refractivity contribution in [2.24, 2.45) is 0 Å². The molecule has 1 N–H and O–H groups in total. The summed E-state index contributed by atoms with van der Waals surface area (Å²) in [6, 6.07) is 0.102. The number of carbonyl (C=O) groups excluding carboxylic acids is 1. The van der Waals surface area contributed by atoms with Crippen molar-refractivity contribution < 1.29 is 4.79 Å². The molecule has 0 radical (unpaired) electrons. The highest BCUT2D eigenvalue weighted by atomic mass is 32.1. The summed E-state index contributed by atoms with van der Waals surface area (Å²) in [5.74, 6) is 0.972. The zero-order valence-corrected chi connectivity index (χ0v) is 17.4. The summed E-state index contributed by atoms with van der Waals surface area (Å²) in [4.78, 5) is 22.7. The van der Waals surface area contributed by atoms with Crippen molar-refractivity contribution in [3.8, 4) is 0 Å². The highest BCUT2D eigenvalue weighted by Crippen LogP contribution is 2.41. The number of Topliss-reactive ketones (excluding diaryl/α,β-unsaturated/α-hetero) is 1. The molecule has 0 aromatic carbocycles. The molecule has 1 aliphatic heterocycles. The summed E-state index contributed by atoms with van der Waals surface area (Å²) >= 11 is 1.71. The third kappa shape index (κ3) is 3.73. The number of anilines is 1. The van der Waals surface area contributed by atoms with E-state index in [1.165, 1.54) is 4.88 Å². The lowest BCUT2D eigenvalue weighted by atomic mass is 9.92. The van der Waals surface area contributed by atoms with E-state index in [2.05, 4.69) is 41.2 Å². The van der Waals surface area contributed by atoms with E-state index in [0.717, 1.165) is 36.6 Å². The SMILES string of the molecule is Cc1cnc(C2CC(C)(C)n3ncc(C(=O)CCCCn4ccnc4)c3N2)s1. The second-order valence-electron chi connectivity index (χ2n) is 8.02. The number of nitrogens with zero attached hydrogens (tertiary/aromatic N) is 5. The molecular formula is C20H26N6OS. The Labute approximate surface area is 168 Å². The van der Waals surface area contributed by atoms with Crippen molar-refractivity contribution in [2.75, 3.05) is 5.32 Å². The molecule has 28 heavy (non-hydrogen) atoms. The van der Waals surface area contributed by atoms with Gasteiger partial charge in [-0.25, -0.2) is 14.6 Å². The topological polar surface area (TPSA) is 77.6 Å². The number of imidazole rings is 1. The molecule has 3 aromatic rings. The lowest BCUT2D eigenvalue weighted by Gasteiger charge is -2.37. The van der Waals surface area contributed by atoms with Gasteiger partial charge in [-0.05, 0) is 40.0 Å². The van der Waals surface area contributed by atoms with E-state index in [9.17, 15) is 4.79 Å². The standard InChI is InChI=1S/C20H26N6OS/c1-14-11-22-19(28-14)16-10-20(2,3)26-18(24-16)15(12-23-26)17(27)6-4-5-8-25-9-7-21-13-25/h7,9,11-13,16,24H,4-6,8,10H2,1-3H3. The van der Waals surface area contributed by atoms with E-state index in [1.54, 1.807) is 23.7 Å². The minimum Gasteiger partial charge on any atom is -0.360 e. The van der Waals surface area contributed by atoms with Crippen molar-refractivity contribution in [1.82, 2.24) is 24.3 Å². The molecule has 0 spiro atoms. The largest absolute Gasteiger partial charge is 0.360 e. The van der Waals surface area contributed by atoms with E-state index in [4.69, 9.17) is 0 Å². The molecule has 7 nitrogen and oxygen atoms in total. The van der Waals surface area contributed by atoms with Crippen LogP contribution < -0.4 is 5.32 Å². The van der Waals surface area contributed by atoms with Crippen molar-refractivity contribution in [2.45, 2.75) is 64.6 Å². The molecule has 1 atom stereocenters. The predicted molar refractivity (Wildman–Crippen MR) is 110 cm³/mol. The molecule has 0 aliphatic carbocycles. The average Bonchev–Trinajstić information content (AvgIpc) is 3.38. The minimum absolute atomic E-state index is 0.102. The van der Waals surface area contributed by atoms with E-state index < -0.39 is 0 Å². The van der Waals surface area contributed by atoms with Crippen molar-refractivity contribution in [1.29, 1.82) is 0 Å². The maximum absolute atomic E-state index is 12.9. The first-order valence-electron chi connectivity index (χ1n) is 9.70.